The lowest BCUT2D eigenvalue weighted by atomic mass is 10.1. The monoisotopic (exact) mass is 240 g/mol. The summed E-state index contributed by atoms with van der Waals surface area (Å²) >= 11 is 2.56. The molecular weight excluding hydrogens is 223 g/mol. The molecule has 0 fully saturated rings. The van der Waals surface area contributed by atoms with Crippen molar-refractivity contribution >= 4 is 22.6 Å². The number of rotatable bonds is 4. The van der Waals surface area contributed by atoms with Gasteiger partial charge in [0.2, 0.25) is 0 Å². The van der Waals surface area contributed by atoms with E-state index in [9.17, 15) is 0 Å². The summed E-state index contributed by atoms with van der Waals surface area (Å²) < 4.78 is 0.910. The van der Waals surface area contributed by atoms with Crippen molar-refractivity contribution < 1.29 is 0 Å². The summed E-state index contributed by atoms with van der Waals surface area (Å²) in [7, 11) is 0. The molecule has 0 amide bonds. The fraction of sp³-hybridized carbons (Fsp3) is 1.00. The van der Waals surface area contributed by atoms with E-state index in [0.717, 1.165) is 9.84 Å². The predicted octanol–water partition coefficient (Wildman–Crippen LogP) is 3.64. The van der Waals surface area contributed by atoms with Crippen molar-refractivity contribution in [3.8, 4) is 0 Å². The molecule has 0 aromatic heterocycles. The number of hydrogen-bond donors (Lipinski definition) is 0. The van der Waals surface area contributed by atoms with Crippen molar-refractivity contribution in [2.24, 2.45) is 5.92 Å². The van der Waals surface area contributed by atoms with Gasteiger partial charge < -0.3 is 0 Å². The molecule has 0 saturated carbocycles. The van der Waals surface area contributed by atoms with Gasteiger partial charge in [-0.1, -0.05) is 49.8 Å². The van der Waals surface area contributed by atoms with Gasteiger partial charge >= 0.3 is 0 Å². The highest BCUT2D eigenvalue weighted by Gasteiger charge is 2.03. The average Bonchev–Trinajstić information content (AvgIpc) is 1.63. The van der Waals surface area contributed by atoms with Gasteiger partial charge in [-0.2, -0.15) is 0 Å². The fourth-order valence-electron chi connectivity index (χ4n) is 0.943. The van der Waals surface area contributed by atoms with Crippen LogP contribution in [0.5, 0.6) is 0 Å². The van der Waals surface area contributed by atoms with Crippen LogP contribution in [-0.2, 0) is 0 Å². The molecule has 0 bridgehead atoms. The number of alkyl halides is 1. The molecule has 0 saturated heterocycles. The van der Waals surface area contributed by atoms with E-state index in [0.29, 0.717) is 0 Å². The highest BCUT2D eigenvalue weighted by atomic mass is 127. The Morgan fingerprint density at radius 2 is 1.89 bits per heavy atom. The van der Waals surface area contributed by atoms with E-state index < -0.39 is 0 Å². The first kappa shape index (κ1) is 9.73. The number of hydrogen-bond acceptors (Lipinski definition) is 0. The van der Waals surface area contributed by atoms with Crippen LogP contribution in [0.15, 0.2) is 0 Å². The van der Waals surface area contributed by atoms with Gasteiger partial charge in [-0.3, -0.25) is 0 Å². The maximum absolute atomic E-state index is 2.56. The molecule has 0 aliphatic heterocycles. The standard InChI is InChI=1S/C8H17I/c1-4-5-8(9)6-7(2)3/h7-8H,4-6H2,1-3H3. The van der Waals surface area contributed by atoms with Gasteiger partial charge in [0, 0.05) is 3.92 Å². The van der Waals surface area contributed by atoms with Gasteiger partial charge in [0.15, 0.2) is 0 Å². The number of halogens is 1. The van der Waals surface area contributed by atoms with Crippen LogP contribution in [0.4, 0.5) is 0 Å². The molecule has 0 spiro atoms. The van der Waals surface area contributed by atoms with Crippen molar-refractivity contribution in [3.63, 3.8) is 0 Å². The van der Waals surface area contributed by atoms with Crippen LogP contribution in [0.2, 0.25) is 0 Å². The maximum Gasteiger partial charge on any atom is 0.0112 e. The molecule has 0 aromatic carbocycles. The third kappa shape index (κ3) is 6.62. The lowest BCUT2D eigenvalue weighted by Crippen LogP contribution is -2.01. The summed E-state index contributed by atoms with van der Waals surface area (Å²) in [6, 6.07) is 0. The molecule has 56 valence electrons. The summed E-state index contributed by atoms with van der Waals surface area (Å²) in [6.07, 6.45) is 4.10. The van der Waals surface area contributed by atoms with E-state index in [1.807, 2.05) is 0 Å². The van der Waals surface area contributed by atoms with Crippen LogP contribution < -0.4 is 0 Å². The molecule has 0 aromatic rings. The van der Waals surface area contributed by atoms with E-state index >= 15 is 0 Å². The predicted molar refractivity (Wildman–Crippen MR) is 52.2 cm³/mol. The normalized spacial score (nSPS) is 14.3. The molecule has 1 unspecified atom stereocenters. The van der Waals surface area contributed by atoms with Crippen molar-refractivity contribution in [2.75, 3.05) is 0 Å². The molecule has 0 heterocycles. The minimum Gasteiger partial charge on any atom is -0.0826 e. The lowest BCUT2D eigenvalue weighted by Gasteiger charge is -2.09. The summed E-state index contributed by atoms with van der Waals surface area (Å²) in [5.74, 6) is 0.874. The first-order valence-electron chi connectivity index (χ1n) is 3.80. The van der Waals surface area contributed by atoms with Crippen molar-refractivity contribution in [1.29, 1.82) is 0 Å². The van der Waals surface area contributed by atoms with E-state index in [1.54, 1.807) is 0 Å². The third-order valence-electron chi connectivity index (χ3n) is 1.33. The Balaban J connectivity index is 3.15. The van der Waals surface area contributed by atoms with Gasteiger partial charge in [0.05, 0.1) is 0 Å². The molecule has 0 rings (SSSR count). The van der Waals surface area contributed by atoms with E-state index in [4.69, 9.17) is 0 Å². The molecule has 1 atom stereocenters. The van der Waals surface area contributed by atoms with Gasteiger partial charge in [0.25, 0.3) is 0 Å². The zero-order valence-electron chi connectivity index (χ0n) is 6.65. The first-order chi connectivity index (χ1) is 4.16. The molecule has 9 heavy (non-hydrogen) atoms. The summed E-state index contributed by atoms with van der Waals surface area (Å²) in [5.41, 5.74) is 0. The van der Waals surface area contributed by atoms with Crippen LogP contribution >= 0.6 is 22.6 Å². The quantitative estimate of drug-likeness (QED) is 0.520. The minimum atomic E-state index is 0.874. The Kier molecular flexibility index (Phi) is 5.96. The van der Waals surface area contributed by atoms with Gasteiger partial charge in [-0.15, -0.1) is 0 Å². The Morgan fingerprint density at radius 1 is 1.33 bits per heavy atom. The second-order valence-electron chi connectivity index (χ2n) is 3.02. The summed E-state index contributed by atoms with van der Waals surface area (Å²) in [4.78, 5) is 0. The van der Waals surface area contributed by atoms with Crippen molar-refractivity contribution in [2.45, 2.75) is 44.0 Å². The van der Waals surface area contributed by atoms with Crippen LogP contribution in [0, 0.1) is 5.92 Å². The van der Waals surface area contributed by atoms with Crippen molar-refractivity contribution in [1.82, 2.24) is 0 Å². The lowest BCUT2D eigenvalue weighted by molar-refractivity contribution is 0.557. The molecule has 0 N–H and O–H groups in total. The first-order valence-corrected chi connectivity index (χ1v) is 5.05. The van der Waals surface area contributed by atoms with Gasteiger partial charge in [0.1, 0.15) is 0 Å². The Hall–Kier alpha value is 0.730. The van der Waals surface area contributed by atoms with Gasteiger partial charge in [-0.25, -0.2) is 0 Å². The van der Waals surface area contributed by atoms with E-state index in [-0.39, 0.29) is 0 Å². The van der Waals surface area contributed by atoms with E-state index in [2.05, 4.69) is 43.4 Å². The smallest absolute Gasteiger partial charge is 0.0112 e. The Bertz CT molecular complexity index is 59.6. The van der Waals surface area contributed by atoms with Crippen LogP contribution in [0.1, 0.15) is 40.0 Å². The maximum atomic E-state index is 2.56. The second kappa shape index (κ2) is 5.51. The highest BCUT2D eigenvalue weighted by Crippen LogP contribution is 2.17. The highest BCUT2D eigenvalue weighted by molar-refractivity contribution is 14.1. The van der Waals surface area contributed by atoms with Crippen LogP contribution in [0.25, 0.3) is 0 Å². The molecule has 0 aliphatic carbocycles. The SMILES string of the molecule is CCCC(I)CC(C)C. The molecule has 0 aliphatic rings. The molecule has 0 radical (unpaired) electrons. The van der Waals surface area contributed by atoms with E-state index in [1.165, 1.54) is 19.3 Å². The summed E-state index contributed by atoms with van der Waals surface area (Å²) in [6.45, 7) is 6.84. The topological polar surface area (TPSA) is 0 Å². The van der Waals surface area contributed by atoms with Gasteiger partial charge in [-0.05, 0) is 18.8 Å². The Labute approximate surface area is 72.6 Å². The second-order valence-corrected chi connectivity index (χ2v) is 4.78. The largest absolute Gasteiger partial charge is 0.0826 e. The minimum absolute atomic E-state index is 0.874. The molecule has 0 nitrogen and oxygen atoms in total. The third-order valence-corrected chi connectivity index (χ3v) is 2.46. The molecule has 1 heteroatoms. The van der Waals surface area contributed by atoms with Crippen molar-refractivity contribution in [3.05, 3.63) is 0 Å². The average molecular weight is 240 g/mol. The zero-order chi connectivity index (χ0) is 7.28. The van der Waals surface area contributed by atoms with Crippen LogP contribution in [-0.4, -0.2) is 3.92 Å². The summed E-state index contributed by atoms with van der Waals surface area (Å²) in [5, 5.41) is 0. The zero-order valence-corrected chi connectivity index (χ0v) is 8.81. The molecular formula is C8H17I. The Morgan fingerprint density at radius 3 is 2.22 bits per heavy atom. The van der Waals surface area contributed by atoms with Crippen LogP contribution in [0.3, 0.4) is 0 Å². The fourth-order valence-corrected chi connectivity index (χ4v) is 2.58.